The lowest BCUT2D eigenvalue weighted by molar-refractivity contribution is 0.578. The van der Waals surface area contributed by atoms with Crippen LogP contribution in [0.2, 0.25) is 0 Å². The van der Waals surface area contributed by atoms with Gasteiger partial charge in [0.15, 0.2) is 0 Å². The topological polar surface area (TPSA) is 71.1 Å². The van der Waals surface area contributed by atoms with Crippen LogP contribution in [0.4, 0.5) is 0 Å². The van der Waals surface area contributed by atoms with Gasteiger partial charge in [0.1, 0.15) is 0 Å². The fourth-order valence-corrected chi connectivity index (χ4v) is 4.27. The first-order valence-electron chi connectivity index (χ1n) is 8.49. The van der Waals surface area contributed by atoms with Gasteiger partial charge in [-0.05, 0) is 17.7 Å². The first kappa shape index (κ1) is 19.7. The molecule has 140 valence electrons. The molecule has 7 heteroatoms. The summed E-state index contributed by atoms with van der Waals surface area (Å²) in [6.07, 6.45) is 7.23. The molecular formula is C20H20BrN3O2S. The number of benzene rings is 2. The molecule has 0 saturated heterocycles. The van der Waals surface area contributed by atoms with Gasteiger partial charge in [-0.3, -0.25) is 4.98 Å². The number of alkyl halides is 1. The van der Waals surface area contributed by atoms with Gasteiger partial charge >= 0.3 is 0 Å². The maximum atomic E-state index is 12.6. The van der Waals surface area contributed by atoms with Gasteiger partial charge in [0.25, 0.3) is 0 Å². The van der Waals surface area contributed by atoms with E-state index in [1.54, 1.807) is 30.6 Å². The number of pyridine rings is 1. The third kappa shape index (κ3) is 5.46. The molecule has 0 aliphatic heterocycles. The molecule has 5 nitrogen and oxygen atoms in total. The first-order valence-corrected chi connectivity index (χ1v) is 10.9. The zero-order valence-corrected chi connectivity index (χ0v) is 16.9. The SMILES string of the molecule is O=S(=O)(NCCNC(Br)C=Cc1ccccc1)c1cccc2cnccc12. The first-order chi connectivity index (χ1) is 13.1. The summed E-state index contributed by atoms with van der Waals surface area (Å²) in [6, 6.07) is 16.9. The average molecular weight is 446 g/mol. The molecule has 2 aromatic carbocycles. The third-order valence-corrected chi connectivity index (χ3v) is 6.09. The van der Waals surface area contributed by atoms with Crippen LogP contribution in [0.5, 0.6) is 0 Å². The Labute approximate surface area is 167 Å². The molecule has 1 unspecified atom stereocenters. The molecule has 1 aromatic heterocycles. The van der Waals surface area contributed by atoms with Gasteiger partial charge in [0, 0.05) is 36.3 Å². The highest BCUT2D eigenvalue weighted by atomic mass is 79.9. The van der Waals surface area contributed by atoms with Crippen LogP contribution in [0.15, 0.2) is 78.0 Å². The van der Waals surface area contributed by atoms with Crippen molar-refractivity contribution >= 4 is 42.8 Å². The monoisotopic (exact) mass is 445 g/mol. The number of sulfonamides is 1. The van der Waals surface area contributed by atoms with Gasteiger partial charge in [-0.15, -0.1) is 0 Å². The van der Waals surface area contributed by atoms with E-state index >= 15 is 0 Å². The highest BCUT2D eigenvalue weighted by Crippen LogP contribution is 2.21. The Kier molecular flexibility index (Phi) is 6.73. The molecule has 0 amide bonds. The number of nitrogens with zero attached hydrogens (tertiary/aromatic N) is 1. The molecule has 0 saturated carbocycles. The smallest absolute Gasteiger partial charge is 0.241 e. The van der Waals surface area contributed by atoms with Crippen LogP contribution < -0.4 is 10.0 Å². The van der Waals surface area contributed by atoms with Crippen molar-refractivity contribution in [2.75, 3.05) is 13.1 Å². The predicted molar refractivity (Wildman–Crippen MR) is 113 cm³/mol. The van der Waals surface area contributed by atoms with Crippen molar-refractivity contribution in [3.8, 4) is 0 Å². The zero-order valence-electron chi connectivity index (χ0n) is 14.5. The van der Waals surface area contributed by atoms with Crippen molar-refractivity contribution in [1.82, 2.24) is 15.0 Å². The molecule has 1 atom stereocenters. The van der Waals surface area contributed by atoms with E-state index in [-0.39, 0.29) is 16.4 Å². The Morgan fingerprint density at radius 3 is 2.67 bits per heavy atom. The summed E-state index contributed by atoms with van der Waals surface area (Å²) in [7, 11) is -3.59. The van der Waals surface area contributed by atoms with E-state index in [1.165, 1.54) is 0 Å². The summed E-state index contributed by atoms with van der Waals surface area (Å²) >= 11 is 3.51. The fourth-order valence-electron chi connectivity index (χ4n) is 2.63. The molecule has 1 heterocycles. The van der Waals surface area contributed by atoms with Gasteiger partial charge in [-0.2, -0.15) is 0 Å². The van der Waals surface area contributed by atoms with E-state index in [1.807, 2.05) is 48.6 Å². The van der Waals surface area contributed by atoms with Crippen LogP contribution in [-0.4, -0.2) is 31.4 Å². The van der Waals surface area contributed by atoms with E-state index < -0.39 is 10.0 Å². The van der Waals surface area contributed by atoms with Crippen molar-refractivity contribution in [3.05, 3.63) is 78.6 Å². The summed E-state index contributed by atoms with van der Waals surface area (Å²) in [4.78, 5) is 4.25. The van der Waals surface area contributed by atoms with E-state index in [0.717, 1.165) is 10.9 Å². The highest BCUT2D eigenvalue weighted by molar-refractivity contribution is 9.09. The van der Waals surface area contributed by atoms with E-state index in [0.29, 0.717) is 11.9 Å². The molecule has 0 spiro atoms. The molecular weight excluding hydrogens is 426 g/mol. The lowest BCUT2D eigenvalue weighted by Gasteiger charge is -2.11. The fraction of sp³-hybridized carbons (Fsp3) is 0.150. The van der Waals surface area contributed by atoms with Crippen molar-refractivity contribution < 1.29 is 8.42 Å². The minimum Gasteiger partial charge on any atom is -0.300 e. The lowest BCUT2D eigenvalue weighted by atomic mass is 10.2. The molecule has 0 bridgehead atoms. The number of hydrogen-bond acceptors (Lipinski definition) is 4. The van der Waals surface area contributed by atoms with Crippen LogP contribution in [0.1, 0.15) is 5.56 Å². The number of fused-ring (bicyclic) bond motifs is 1. The van der Waals surface area contributed by atoms with Crippen LogP contribution in [-0.2, 0) is 10.0 Å². The van der Waals surface area contributed by atoms with Crippen LogP contribution >= 0.6 is 15.9 Å². The summed E-state index contributed by atoms with van der Waals surface area (Å²) < 4.78 is 27.9. The Morgan fingerprint density at radius 2 is 1.85 bits per heavy atom. The van der Waals surface area contributed by atoms with Crippen molar-refractivity contribution in [1.29, 1.82) is 0 Å². The van der Waals surface area contributed by atoms with Gasteiger partial charge in [0.2, 0.25) is 10.0 Å². The maximum Gasteiger partial charge on any atom is 0.241 e. The van der Waals surface area contributed by atoms with Crippen molar-refractivity contribution in [2.24, 2.45) is 0 Å². The number of aromatic nitrogens is 1. The minimum atomic E-state index is -3.59. The van der Waals surface area contributed by atoms with Gasteiger partial charge < -0.3 is 5.32 Å². The Balaban J connectivity index is 1.54. The quantitative estimate of drug-likeness (QED) is 0.316. The molecule has 0 radical (unpaired) electrons. The molecule has 3 rings (SSSR count). The van der Waals surface area contributed by atoms with Crippen molar-refractivity contribution in [2.45, 2.75) is 9.85 Å². The second kappa shape index (κ2) is 9.23. The number of halogens is 1. The summed E-state index contributed by atoms with van der Waals surface area (Å²) in [6.45, 7) is 0.770. The van der Waals surface area contributed by atoms with Gasteiger partial charge in [-0.25, -0.2) is 13.1 Å². The Bertz CT molecular complexity index is 1020. The predicted octanol–water partition coefficient (Wildman–Crippen LogP) is 3.54. The second-order valence-electron chi connectivity index (χ2n) is 5.88. The number of hydrogen-bond donors (Lipinski definition) is 2. The molecule has 2 N–H and O–H groups in total. The average Bonchev–Trinajstić information content (AvgIpc) is 2.70. The van der Waals surface area contributed by atoms with E-state index in [2.05, 4.69) is 31.0 Å². The largest absolute Gasteiger partial charge is 0.300 e. The van der Waals surface area contributed by atoms with Gasteiger partial charge in [-0.1, -0.05) is 70.5 Å². The molecule has 0 aliphatic carbocycles. The number of rotatable bonds is 8. The maximum absolute atomic E-state index is 12.6. The lowest BCUT2D eigenvalue weighted by Crippen LogP contribution is -2.34. The number of nitrogens with one attached hydrogen (secondary N) is 2. The normalized spacial score (nSPS) is 13.2. The second-order valence-corrected chi connectivity index (χ2v) is 8.60. The van der Waals surface area contributed by atoms with E-state index in [4.69, 9.17) is 0 Å². The van der Waals surface area contributed by atoms with Crippen LogP contribution in [0.3, 0.4) is 0 Å². The van der Waals surface area contributed by atoms with Crippen LogP contribution in [0.25, 0.3) is 16.8 Å². The Hall–Kier alpha value is -2.06. The molecule has 3 aromatic rings. The molecule has 27 heavy (non-hydrogen) atoms. The van der Waals surface area contributed by atoms with Crippen molar-refractivity contribution in [3.63, 3.8) is 0 Å². The minimum absolute atomic E-state index is 0.0501. The highest BCUT2D eigenvalue weighted by Gasteiger charge is 2.16. The zero-order chi connectivity index (χ0) is 19.1. The molecule has 0 fully saturated rings. The van der Waals surface area contributed by atoms with Gasteiger partial charge in [0.05, 0.1) is 9.85 Å². The van der Waals surface area contributed by atoms with Crippen LogP contribution in [0, 0.1) is 0 Å². The summed E-state index contributed by atoms with van der Waals surface area (Å²) in [5.74, 6) is 0. The summed E-state index contributed by atoms with van der Waals surface area (Å²) in [5.41, 5.74) is 1.11. The molecule has 0 aliphatic rings. The standard InChI is InChI=1S/C20H20BrN3O2S/c21-20(10-9-16-5-2-1-3-6-16)23-13-14-24-27(25,26)19-8-4-7-17-15-22-12-11-18(17)19/h1-12,15,20,23-24H,13-14H2. The summed E-state index contributed by atoms with van der Waals surface area (Å²) in [5, 5.41) is 4.67. The Morgan fingerprint density at radius 1 is 1.04 bits per heavy atom. The van der Waals surface area contributed by atoms with E-state index in [9.17, 15) is 8.42 Å². The third-order valence-electron chi connectivity index (χ3n) is 3.94.